The van der Waals surface area contributed by atoms with Gasteiger partial charge in [0.2, 0.25) is 5.91 Å². The first-order chi connectivity index (χ1) is 12.1. The number of thioether (sulfide) groups is 1. The van der Waals surface area contributed by atoms with Crippen molar-refractivity contribution in [2.75, 3.05) is 12.4 Å². The number of carbonyl (C=O) groups is 2. The summed E-state index contributed by atoms with van der Waals surface area (Å²) in [5.41, 5.74) is 2.65. The molecule has 1 aliphatic rings. The fourth-order valence-corrected chi connectivity index (χ4v) is 3.71. The minimum atomic E-state index is -0.484. The van der Waals surface area contributed by atoms with Gasteiger partial charge in [-0.15, -0.1) is 11.8 Å². The number of aryl methyl sites for hydroxylation is 1. The number of para-hydroxylation sites is 1. The number of methoxy groups -OCH3 is 1. The fourth-order valence-electron chi connectivity index (χ4n) is 2.62. The minimum Gasteiger partial charge on any atom is -0.496 e. The largest absolute Gasteiger partial charge is 0.496 e. The highest BCUT2D eigenvalue weighted by Crippen LogP contribution is 2.36. The van der Waals surface area contributed by atoms with Crippen molar-refractivity contribution in [2.24, 2.45) is 0 Å². The molecule has 0 saturated carbocycles. The maximum absolute atomic E-state index is 12.2. The zero-order valence-electron chi connectivity index (χ0n) is 14.1. The van der Waals surface area contributed by atoms with Gasteiger partial charge in [0.1, 0.15) is 12.4 Å². The van der Waals surface area contributed by atoms with Gasteiger partial charge in [-0.05, 0) is 31.2 Å². The van der Waals surface area contributed by atoms with Crippen LogP contribution in [0.3, 0.4) is 0 Å². The predicted octanol–water partition coefficient (Wildman–Crippen LogP) is 3.55. The lowest BCUT2D eigenvalue weighted by Gasteiger charge is -2.23. The summed E-state index contributed by atoms with van der Waals surface area (Å²) in [5, 5.41) is 2.34. The molecule has 1 atom stereocenters. The maximum Gasteiger partial charge on any atom is 0.307 e. The number of hydrogen-bond acceptors (Lipinski definition) is 5. The van der Waals surface area contributed by atoms with Crippen molar-refractivity contribution in [1.82, 2.24) is 0 Å². The average molecular weight is 357 g/mol. The van der Waals surface area contributed by atoms with Crippen LogP contribution in [0.2, 0.25) is 0 Å². The van der Waals surface area contributed by atoms with Gasteiger partial charge in [-0.1, -0.05) is 23.8 Å². The van der Waals surface area contributed by atoms with E-state index in [1.54, 1.807) is 7.11 Å². The SMILES string of the molecule is COc1ccc(C)cc1COC(=O)C[C@@H]1Sc2ccccc2NC1=O. The van der Waals surface area contributed by atoms with Crippen LogP contribution in [0.15, 0.2) is 47.4 Å². The molecule has 130 valence electrons. The quantitative estimate of drug-likeness (QED) is 0.829. The van der Waals surface area contributed by atoms with Gasteiger partial charge < -0.3 is 14.8 Å². The molecule has 6 heteroatoms. The lowest BCUT2D eigenvalue weighted by atomic mass is 10.1. The number of hydrogen-bond donors (Lipinski definition) is 1. The molecule has 0 aliphatic carbocycles. The second kappa shape index (κ2) is 7.61. The lowest BCUT2D eigenvalue weighted by molar-refractivity contribution is -0.145. The number of anilines is 1. The first-order valence-electron chi connectivity index (χ1n) is 7.92. The van der Waals surface area contributed by atoms with Gasteiger partial charge in [-0.3, -0.25) is 9.59 Å². The number of ether oxygens (including phenoxy) is 2. The van der Waals surface area contributed by atoms with Crippen LogP contribution < -0.4 is 10.1 Å². The molecule has 1 N–H and O–H groups in total. The van der Waals surface area contributed by atoms with Crippen molar-refractivity contribution >= 4 is 29.3 Å². The van der Waals surface area contributed by atoms with E-state index in [0.29, 0.717) is 5.75 Å². The van der Waals surface area contributed by atoms with Crippen LogP contribution in [0.5, 0.6) is 5.75 Å². The predicted molar refractivity (Wildman–Crippen MR) is 96.9 cm³/mol. The van der Waals surface area contributed by atoms with E-state index < -0.39 is 11.2 Å². The normalized spacial score (nSPS) is 15.9. The summed E-state index contributed by atoms with van der Waals surface area (Å²) in [4.78, 5) is 25.3. The summed E-state index contributed by atoms with van der Waals surface area (Å²) in [6.07, 6.45) is 0.0268. The molecular formula is C19H19NO4S. The number of nitrogens with one attached hydrogen (secondary N) is 1. The Kier molecular flexibility index (Phi) is 5.28. The van der Waals surface area contributed by atoms with Gasteiger partial charge in [0.15, 0.2) is 0 Å². The topological polar surface area (TPSA) is 64.6 Å². The smallest absolute Gasteiger partial charge is 0.307 e. The Hall–Kier alpha value is -2.47. The zero-order chi connectivity index (χ0) is 17.8. The van der Waals surface area contributed by atoms with Crippen LogP contribution in [0, 0.1) is 6.92 Å². The van der Waals surface area contributed by atoms with E-state index in [4.69, 9.17) is 9.47 Å². The number of benzene rings is 2. The van der Waals surface area contributed by atoms with Crippen molar-refractivity contribution in [3.8, 4) is 5.75 Å². The van der Waals surface area contributed by atoms with Crippen LogP contribution >= 0.6 is 11.8 Å². The van der Waals surface area contributed by atoms with Gasteiger partial charge >= 0.3 is 5.97 Å². The summed E-state index contributed by atoms with van der Waals surface area (Å²) in [7, 11) is 1.58. The standard InChI is InChI=1S/C19H19NO4S/c1-12-7-8-15(23-2)13(9-12)11-24-18(21)10-17-19(22)20-14-5-3-4-6-16(14)25-17/h3-9,17H,10-11H2,1-2H3,(H,20,22)/t17-/m0/s1. The Labute approximate surface area is 150 Å². The summed E-state index contributed by atoms with van der Waals surface area (Å²) >= 11 is 1.39. The van der Waals surface area contributed by atoms with Crippen molar-refractivity contribution in [2.45, 2.75) is 30.1 Å². The summed E-state index contributed by atoms with van der Waals surface area (Å²) in [5.74, 6) is 0.0986. The van der Waals surface area contributed by atoms with Crippen molar-refractivity contribution in [3.05, 3.63) is 53.6 Å². The second-order valence-corrected chi connectivity index (χ2v) is 7.02. The van der Waals surface area contributed by atoms with Gasteiger partial charge in [-0.25, -0.2) is 0 Å². The van der Waals surface area contributed by atoms with Gasteiger partial charge in [0, 0.05) is 10.5 Å². The molecule has 2 aromatic carbocycles. The molecule has 0 radical (unpaired) electrons. The highest BCUT2D eigenvalue weighted by molar-refractivity contribution is 8.01. The molecule has 5 nitrogen and oxygen atoms in total. The third-order valence-corrected chi connectivity index (χ3v) is 5.16. The molecule has 0 spiro atoms. The number of amides is 1. The molecule has 2 aromatic rings. The first-order valence-corrected chi connectivity index (χ1v) is 8.80. The van der Waals surface area contributed by atoms with Crippen molar-refractivity contribution in [3.63, 3.8) is 0 Å². The summed E-state index contributed by atoms with van der Waals surface area (Å²) in [6, 6.07) is 13.2. The van der Waals surface area contributed by atoms with Crippen LogP contribution in [0.1, 0.15) is 17.5 Å². The minimum absolute atomic E-state index is 0.0268. The van der Waals surface area contributed by atoms with E-state index in [9.17, 15) is 9.59 Å². The summed E-state index contributed by atoms with van der Waals surface area (Å²) < 4.78 is 10.6. The second-order valence-electron chi connectivity index (χ2n) is 5.77. The molecule has 3 rings (SSSR count). The zero-order valence-corrected chi connectivity index (χ0v) is 14.9. The number of carbonyl (C=O) groups excluding carboxylic acids is 2. The molecule has 25 heavy (non-hydrogen) atoms. The Morgan fingerprint density at radius 3 is 2.84 bits per heavy atom. The molecule has 0 fully saturated rings. The number of fused-ring (bicyclic) bond motifs is 1. The highest BCUT2D eigenvalue weighted by atomic mass is 32.2. The van der Waals surface area contributed by atoms with Gasteiger partial charge in [-0.2, -0.15) is 0 Å². The number of esters is 1. The molecule has 1 amide bonds. The molecule has 0 aromatic heterocycles. The van der Waals surface area contributed by atoms with Crippen molar-refractivity contribution < 1.29 is 19.1 Å². The van der Waals surface area contributed by atoms with Gasteiger partial charge in [0.25, 0.3) is 0 Å². The third-order valence-electron chi connectivity index (χ3n) is 3.88. The Balaban J connectivity index is 1.60. The molecule has 1 aliphatic heterocycles. The summed E-state index contributed by atoms with van der Waals surface area (Å²) in [6.45, 7) is 2.09. The molecule has 0 unspecified atom stereocenters. The Morgan fingerprint density at radius 2 is 2.04 bits per heavy atom. The molecule has 1 heterocycles. The Morgan fingerprint density at radius 1 is 1.24 bits per heavy atom. The van der Waals surface area contributed by atoms with E-state index >= 15 is 0 Å². The Bertz CT molecular complexity index is 806. The first kappa shape index (κ1) is 17.4. The lowest BCUT2D eigenvalue weighted by Crippen LogP contribution is -2.31. The van der Waals surface area contributed by atoms with E-state index in [1.807, 2.05) is 49.4 Å². The third kappa shape index (κ3) is 4.14. The average Bonchev–Trinajstić information content (AvgIpc) is 2.60. The fraction of sp³-hybridized carbons (Fsp3) is 0.263. The molecule has 0 bridgehead atoms. The van der Waals surface area contributed by atoms with E-state index in [0.717, 1.165) is 21.7 Å². The molecule has 0 saturated heterocycles. The van der Waals surface area contributed by atoms with E-state index in [-0.39, 0.29) is 18.9 Å². The number of rotatable bonds is 5. The van der Waals surface area contributed by atoms with Crippen LogP contribution in [0.4, 0.5) is 5.69 Å². The van der Waals surface area contributed by atoms with Crippen LogP contribution in [0.25, 0.3) is 0 Å². The molecular weight excluding hydrogens is 338 g/mol. The van der Waals surface area contributed by atoms with E-state index in [2.05, 4.69) is 5.32 Å². The highest BCUT2D eigenvalue weighted by Gasteiger charge is 2.29. The van der Waals surface area contributed by atoms with Gasteiger partial charge in [0.05, 0.1) is 24.5 Å². The van der Waals surface area contributed by atoms with Crippen molar-refractivity contribution in [1.29, 1.82) is 0 Å². The monoisotopic (exact) mass is 357 g/mol. The maximum atomic E-state index is 12.2. The van der Waals surface area contributed by atoms with Crippen LogP contribution in [-0.2, 0) is 20.9 Å². The van der Waals surface area contributed by atoms with E-state index in [1.165, 1.54) is 11.8 Å². The van der Waals surface area contributed by atoms with Crippen LogP contribution in [-0.4, -0.2) is 24.2 Å².